The van der Waals surface area contributed by atoms with E-state index in [1.165, 1.54) is 36.5 Å². The molecular weight excluding hydrogens is 306 g/mol. The van der Waals surface area contributed by atoms with E-state index in [4.69, 9.17) is 5.14 Å². The minimum absolute atomic E-state index is 0.00503. The van der Waals surface area contributed by atoms with E-state index in [2.05, 4.69) is 10.5 Å². The monoisotopic (exact) mass is 319 g/mol. The van der Waals surface area contributed by atoms with Crippen LogP contribution in [0, 0.1) is 0 Å². The smallest absolute Gasteiger partial charge is 0.272 e. The van der Waals surface area contributed by atoms with Gasteiger partial charge in [0.15, 0.2) is 0 Å². The van der Waals surface area contributed by atoms with Crippen LogP contribution >= 0.6 is 0 Å². The lowest BCUT2D eigenvalue weighted by Crippen LogP contribution is -2.23. The second kappa shape index (κ2) is 6.37. The number of hydrogen-bond acceptors (Lipinski definition) is 5. The third kappa shape index (κ3) is 3.68. The van der Waals surface area contributed by atoms with Crippen molar-refractivity contribution >= 4 is 22.1 Å². The van der Waals surface area contributed by atoms with E-state index in [-0.39, 0.29) is 16.2 Å². The molecule has 0 fully saturated rings. The van der Waals surface area contributed by atoms with E-state index in [1.807, 2.05) is 0 Å². The molecule has 4 N–H and O–H groups in total. The van der Waals surface area contributed by atoms with E-state index >= 15 is 0 Å². The predicted octanol–water partition coefficient (Wildman–Crippen LogP) is 0.803. The molecule has 22 heavy (non-hydrogen) atoms. The zero-order chi connectivity index (χ0) is 16.2. The number of carbonyl (C=O) groups excluding carboxylic acids is 1. The number of para-hydroxylation sites is 1. The van der Waals surface area contributed by atoms with Gasteiger partial charge in [0.05, 0.1) is 16.7 Å². The summed E-state index contributed by atoms with van der Waals surface area (Å²) in [6, 6.07) is 11.9. The van der Waals surface area contributed by atoms with Crippen LogP contribution in [0.2, 0.25) is 0 Å². The molecule has 0 aromatic heterocycles. The van der Waals surface area contributed by atoms with Gasteiger partial charge in [-0.3, -0.25) is 4.79 Å². The van der Waals surface area contributed by atoms with Gasteiger partial charge in [0.1, 0.15) is 5.75 Å². The first-order chi connectivity index (χ1) is 10.4. The van der Waals surface area contributed by atoms with Gasteiger partial charge in [-0.05, 0) is 24.3 Å². The fraction of sp³-hybridized carbons (Fsp3) is 0. The second-order valence-corrected chi connectivity index (χ2v) is 5.83. The van der Waals surface area contributed by atoms with Crippen molar-refractivity contribution in [1.82, 2.24) is 5.43 Å². The number of nitrogens with one attached hydrogen (secondary N) is 1. The molecule has 0 aliphatic rings. The molecule has 1 amide bonds. The average molecular weight is 319 g/mol. The van der Waals surface area contributed by atoms with Crippen LogP contribution in [0.3, 0.4) is 0 Å². The zero-order valence-corrected chi connectivity index (χ0v) is 12.1. The summed E-state index contributed by atoms with van der Waals surface area (Å²) in [5.41, 5.74) is 2.48. The van der Waals surface area contributed by atoms with Gasteiger partial charge in [-0.2, -0.15) is 5.10 Å². The Bertz CT molecular complexity index is 831. The molecule has 2 aromatic carbocycles. The number of amides is 1. The van der Waals surface area contributed by atoms with Crippen LogP contribution in [0.5, 0.6) is 5.75 Å². The van der Waals surface area contributed by atoms with Crippen molar-refractivity contribution in [2.24, 2.45) is 10.2 Å². The normalized spacial score (nSPS) is 11.5. The Morgan fingerprint density at radius 1 is 1.14 bits per heavy atom. The maximum atomic E-state index is 12.0. The first kappa shape index (κ1) is 15.7. The number of phenolic OH excluding ortho intramolecular Hbond substituents is 1. The van der Waals surface area contributed by atoms with Crippen LogP contribution in [-0.4, -0.2) is 25.6 Å². The van der Waals surface area contributed by atoms with Crippen LogP contribution < -0.4 is 10.6 Å². The standard InChI is InChI=1S/C14H13N3O4S/c15-22(20,21)13-8-4-2-6-11(13)14(19)17-16-9-10-5-1-3-7-12(10)18/h1-9,18H,(H,17,19)(H2,15,20,21)/b16-9+. The first-order valence-corrected chi connectivity index (χ1v) is 7.67. The van der Waals surface area contributed by atoms with Gasteiger partial charge in [0.25, 0.3) is 5.91 Å². The number of hydrazone groups is 1. The number of aromatic hydroxyl groups is 1. The van der Waals surface area contributed by atoms with Gasteiger partial charge in [-0.1, -0.05) is 24.3 Å². The minimum atomic E-state index is -4.02. The molecule has 0 radical (unpaired) electrons. The summed E-state index contributed by atoms with van der Waals surface area (Å²) in [6.07, 6.45) is 1.24. The van der Waals surface area contributed by atoms with Crippen molar-refractivity contribution in [3.63, 3.8) is 0 Å². The van der Waals surface area contributed by atoms with Crippen molar-refractivity contribution in [1.29, 1.82) is 0 Å². The molecule has 2 rings (SSSR count). The summed E-state index contributed by atoms with van der Waals surface area (Å²) in [4.78, 5) is 11.7. The molecule has 7 nitrogen and oxygen atoms in total. The molecule has 0 heterocycles. The van der Waals surface area contributed by atoms with E-state index in [9.17, 15) is 18.3 Å². The van der Waals surface area contributed by atoms with Crippen molar-refractivity contribution in [3.05, 3.63) is 59.7 Å². The first-order valence-electron chi connectivity index (χ1n) is 6.13. The molecule has 114 valence electrons. The van der Waals surface area contributed by atoms with Crippen LogP contribution in [0.1, 0.15) is 15.9 Å². The van der Waals surface area contributed by atoms with E-state index in [1.54, 1.807) is 18.2 Å². The largest absolute Gasteiger partial charge is 0.507 e. The van der Waals surface area contributed by atoms with Gasteiger partial charge in [0, 0.05) is 5.56 Å². The van der Waals surface area contributed by atoms with Gasteiger partial charge < -0.3 is 5.11 Å². The number of phenols is 1. The van der Waals surface area contributed by atoms with Crippen LogP contribution in [0.4, 0.5) is 0 Å². The average Bonchev–Trinajstić information content (AvgIpc) is 2.48. The Kier molecular flexibility index (Phi) is 4.54. The summed E-state index contributed by atoms with van der Waals surface area (Å²) in [6.45, 7) is 0. The molecular formula is C14H13N3O4S. The molecule has 0 spiro atoms. The molecule has 0 aliphatic carbocycles. The van der Waals surface area contributed by atoms with Crippen molar-refractivity contribution in [3.8, 4) is 5.75 Å². The van der Waals surface area contributed by atoms with Crippen LogP contribution in [-0.2, 0) is 10.0 Å². The van der Waals surface area contributed by atoms with Crippen LogP contribution in [0.15, 0.2) is 58.5 Å². The van der Waals surface area contributed by atoms with E-state index in [0.717, 1.165) is 0 Å². The lowest BCUT2D eigenvalue weighted by atomic mass is 10.2. The number of nitrogens with zero attached hydrogens (tertiary/aromatic N) is 1. The Morgan fingerprint density at radius 3 is 2.45 bits per heavy atom. The Labute approximate surface area is 127 Å². The summed E-state index contributed by atoms with van der Waals surface area (Å²) in [7, 11) is -4.02. The van der Waals surface area contributed by atoms with Gasteiger partial charge in [0.2, 0.25) is 10.0 Å². The Morgan fingerprint density at radius 2 is 1.77 bits per heavy atom. The molecule has 0 saturated carbocycles. The highest BCUT2D eigenvalue weighted by Crippen LogP contribution is 2.14. The molecule has 0 saturated heterocycles. The quantitative estimate of drug-likeness (QED) is 0.570. The summed E-state index contributed by atoms with van der Waals surface area (Å²) >= 11 is 0. The highest BCUT2D eigenvalue weighted by Gasteiger charge is 2.18. The third-order valence-corrected chi connectivity index (χ3v) is 3.71. The fourth-order valence-corrected chi connectivity index (χ4v) is 2.46. The highest BCUT2D eigenvalue weighted by molar-refractivity contribution is 7.89. The van der Waals surface area contributed by atoms with E-state index in [0.29, 0.717) is 5.56 Å². The third-order valence-electron chi connectivity index (χ3n) is 2.74. The zero-order valence-electron chi connectivity index (χ0n) is 11.3. The number of carbonyl (C=O) groups is 1. The predicted molar refractivity (Wildman–Crippen MR) is 81.0 cm³/mol. The number of primary sulfonamides is 1. The van der Waals surface area contributed by atoms with Gasteiger partial charge >= 0.3 is 0 Å². The number of rotatable bonds is 4. The molecule has 8 heteroatoms. The fourth-order valence-electron chi connectivity index (χ4n) is 1.72. The lowest BCUT2D eigenvalue weighted by molar-refractivity contribution is 0.0952. The maximum Gasteiger partial charge on any atom is 0.272 e. The molecule has 0 atom stereocenters. The Hall–Kier alpha value is -2.71. The number of benzene rings is 2. The molecule has 0 unspecified atom stereocenters. The molecule has 0 bridgehead atoms. The van der Waals surface area contributed by atoms with Crippen molar-refractivity contribution < 1.29 is 18.3 Å². The lowest BCUT2D eigenvalue weighted by Gasteiger charge is -2.05. The second-order valence-electron chi connectivity index (χ2n) is 4.30. The van der Waals surface area contributed by atoms with E-state index < -0.39 is 15.9 Å². The molecule has 0 aliphatic heterocycles. The Balaban J connectivity index is 2.19. The SMILES string of the molecule is NS(=O)(=O)c1ccccc1C(=O)N/N=C/c1ccccc1O. The van der Waals surface area contributed by atoms with Crippen molar-refractivity contribution in [2.45, 2.75) is 4.90 Å². The maximum absolute atomic E-state index is 12.0. The van der Waals surface area contributed by atoms with Gasteiger partial charge in [-0.25, -0.2) is 19.0 Å². The summed E-state index contributed by atoms with van der Waals surface area (Å²) < 4.78 is 22.8. The number of hydrogen-bond donors (Lipinski definition) is 3. The van der Waals surface area contributed by atoms with Crippen molar-refractivity contribution in [2.75, 3.05) is 0 Å². The summed E-state index contributed by atoms with van der Waals surface area (Å²) in [5, 5.41) is 18.3. The van der Waals surface area contributed by atoms with Crippen LogP contribution in [0.25, 0.3) is 0 Å². The highest BCUT2D eigenvalue weighted by atomic mass is 32.2. The topological polar surface area (TPSA) is 122 Å². The van der Waals surface area contributed by atoms with Gasteiger partial charge in [-0.15, -0.1) is 0 Å². The number of nitrogens with two attached hydrogens (primary N) is 1. The minimum Gasteiger partial charge on any atom is -0.507 e. The summed E-state index contributed by atoms with van der Waals surface area (Å²) in [5.74, 6) is -0.721. The number of sulfonamides is 1. The molecule has 2 aromatic rings.